The van der Waals surface area contributed by atoms with Gasteiger partial charge in [0.1, 0.15) is 11.6 Å². The van der Waals surface area contributed by atoms with Gasteiger partial charge in [-0.3, -0.25) is 4.79 Å². The second kappa shape index (κ2) is 4.09. The van der Waals surface area contributed by atoms with Gasteiger partial charge in [0.15, 0.2) is 0 Å². The van der Waals surface area contributed by atoms with E-state index in [-0.39, 0.29) is 18.6 Å². The van der Waals surface area contributed by atoms with E-state index < -0.39 is 11.8 Å². The summed E-state index contributed by atoms with van der Waals surface area (Å²) in [6.45, 7) is 1.52. The average molecular weight is 198 g/mol. The highest BCUT2D eigenvalue weighted by Crippen LogP contribution is 2.24. The van der Waals surface area contributed by atoms with Crippen LogP contribution in [-0.4, -0.2) is 16.2 Å². The highest BCUT2D eigenvalue weighted by Gasteiger charge is 2.10. The molecule has 0 unspecified atom stereocenters. The van der Waals surface area contributed by atoms with Crippen LogP contribution in [0.1, 0.15) is 17.5 Å². The van der Waals surface area contributed by atoms with Gasteiger partial charge in [-0.2, -0.15) is 0 Å². The number of carboxylic acid groups (broad SMARTS) is 1. The van der Waals surface area contributed by atoms with Crippen LogP contribution in [0.15, 0.2) is 12.1 Å². The Labute approximate surface area is 80.8 Å². The van der Waals surface area contributed by atoms with Gasteiger partial charge in [0.05, 0.1) is 0 Å². The number of rotatable bonds is 3. The number of aromatic hydroxyl groups is 1. The molecule has 0 aliphatic heterocycles. The van der Waals surface area contributed by atoms with Crippen LogP contribution in [0, 0.1) is 12.7 Å². The van der Waals surface area contributed by atoms with Crippen LogP contribution in [0.3, 0.4) is 0 Å². The maximum absolute atomic E-state index is 13.0. The molecule has 0 heterocycles. The molecule has 1 aromatic carbocycles. The van der Waals surface area contributed by atoms with Crippen LogP contribution in [0.4, 0.5) is 4.39 Å². The summed E-state index contributed by atoms with van der Waals surface area (Å²) in [5, 5.41) is 17.8. The zero-order chi connectivity index (χ0) is 10.7. The average Bonchev–Trinajstić information content (AvgIpc) is 2.11. The minimum Gasteiger partial charge on any atom is -0.508 e. The SMILES string of the molecule is Cc1c(F)ccc(O)c1CCC(=O)O. The van der Waals surface area contributed by atoms with Crippen molar-refractivity contribution in [1.82, 2.24) is 0 Å². The summed E-state index contributed by atoms with van der Waals surface area (Å²) in [6.07, 6.45) is 0.0304. The molecule has 76 valence electrons. The first kappa shape index (κ1) is 10.5. The molecular formula is C10H11FO3. The van der Waals surface area contributed by atoms with Gasteiger partial charge in [-0.05, 0) is 31.0 Å². The lowest BCUT2D eigenvalue weighted by Crippen LogP contribution is -2.00. The first-order chi connectivity index (χ1) is 6.52. The van der Waals surface area contributed by atoms with E-state index in [4.69, 9.17) is 5.11 Å². The van der Waals surface area contributed by atoms with Crippen molar-refractivity contribution in [2.24, 2.45) is 0 Å². The fourth-order valence-corrected chi connectivity index (χ4v) is 1.26. The lowest BCUT2D eigenvalue weighted by molar-refractivity contribution is -0.136. The molecule has 2 N–H and O–H groups in total. The van der Waals surface area contributed by atoms with Crippen molar-refractivity contribution in [1.29, 1.82) is 0 Å². The first-order valence-corrected chi connectivity index (χ1v) is 4.21. The van der Waals surface area contributed by atoms with Crippen LogP contribution in [0.25, 0.3) is 0 Å². The summed E-state index contributed by atoms with van der Waals surface area (Å²) in [5.41, 5.74) is 0.679. The Morgan fingerprint density at radius 2 is 2.14 bits per heavy atom. The van der Waals surface area contributed by atoms with E-state index in [0.29, 0.717) is 11.1 Å². The highest BCUT2D eigenvalue weighted by molar-refractivity contribution is 5.67. The molecule has 0 saturated heterocycles. The lowest BCUT2D eigenvalue weighted by atomic mass is 10.0. The third kappa shape index (κ3) is 2.22. The van der Waals surface area contributed by atoms with Crippen LogP contribution < -0.4 is 0 Å². The van der Waals surface area contributed by atoms with Crippen molar-refractivity contribution in [2.75, 3.05) is 0 Å². The van der Waals surface area contributed by atoms with Gasteiger partial charge in [0, 0.05) is 12.0 Å². The highest BCUT2D eigenvalue weighted by atomic mass is 19.1. The fourth-order valence-electron chi connectivity index (χ4n) is 1.26. The molecule has 3 nitrogen and oxygen atoms in total. The van der Waals surface area contributed by atoms with E-state index in [1.54, 1.807) is 0 Å². The zero-order valence-corrected chi connectivity index (χ0v) is 7.75. The minimum atomic E-state index is -0.965. The molecule has 0 saturated carbocycles. The van der Waals surface area contributed by atoms with Crippen molar-refractivity contribution in [3.05, 3.63) is 29.1 Å². The Bertz CT molecular complexity index is 361. The van der Waals surface area contributed by atoms with E-state index in [0.717, 1.165) is 6.07 Å². The minimum absolute atomic E-state index is 0.0508. The second-order valence-corrected chi connectivity index (χ2v) is 3.06. The summed E-state index contributed by atoms with van der Waals surface area (Å²) < 4.78 is 13.0. The van der Waals surface area contributed by atoms with E-state index in [1.807, 2.05) is 0 Å². The summed E-state index contributed by atoms with van der Waals surface area (Å²) in [7, 11) is 0. The molecule has 1 aromatic rings. The number of aliphatic carboxylic acids is 1. The van der Waals surface area contributed by atoms with Crippen LogP contribution >= 0.6 is 0 Å². The predicted octanol–water partition coefficient (Wildman–Crippen LogP) is 1.86. The normalized spacial score (nSPS) is 10.1. The summed E-state index contributed by atoms with van der Waals surface area (Å²) in [6, 6.07) is 2.40. The molecule has 0 radical (unpaired) electrons. The standard InChI is InChI=1S/C10H11FO3/c1-6-7(2-5-10(13)14)9(12)4-3-8(6)11/h3-4,12H,2,5H2,1H3,(H,13,14). The Morgan fingerprint density at radius 3 is 2.71 bits per heavy atom. The molecule has 0 fully saturated rings. The number of benzene rings is 1. The number of phenols is 1. The monoisotopic (exact) mass is 198 g/mol. The molecule has 14 heavy (non-hydrogen) atoms. The molecule has 0 spiro atoms. The van der Waals surface area contributed by atoms with Crippen molar-refractivity contribution < 1.29 is 19.4 Å². The Balaban J connectivity index is 2.95. The molecule has 0 atom stereocenters. The topological polar surface area (TPSA) is 57.5 Å². The number of halogens is 1. The van der Waals surface area contributed by atoms with E-state index in [1.165, 1.54) is 13.0 Å². The lowest BCUT2D eigenvalue weighted by Gasteiger charge is -2.07. The molecule has 0 aliphatic rings. The fraction of sp³-hybridized carbons (Fsp3) is 0.300. The number of carbonyl (C=O) groups is 1. The van der Waals surface area contributed by atoms with Gasteiger partial charge in [-0.25, -0.2) is 4.39 Å². The third-order valence-electron chi connectivity index (χ3n) is 2.10. The molecule has 0 amide bonds. The number of hydrogen-bond acceptors (Lipinski definition) is 2. The molecular weight excluding hydrogens is 187 g/mol. The van der Waals surface area contributed by atoms with Gasteiger partial charge < -0.3 is 10.2 Å². The molecule has 1 rings (SSSR count). The van der Waals surface area contributed by atoms with Crippen LogP contribution in [0.5, 0.6) is 5.75 Å². The molecule has 0 aliphatic carbocycles. The molecule has 0 bridgehead atoms. The smallest absolute Gasteiger partial charge is 0.303 e. The Hall–Kier alpha value is -1.58. The van der Waals surface area contributed by atoms with Gasteiger partial charge in [-0.1, -0.05) is 0 Å². The summed E-state index contributed by atoms with van der Waals surface area (Å²) in [4.78, 5) is 10.3. The number of hydrogen-bond donors (Lipinski definition) is 2. The van der Waals surface area contributed by atoms with Crippen molar-refractivity contribution in [2.45, 2.75) is 19.8 Å². The number of phenolic OH excluding ortho intramolecular Hbond substituents is 1. The number of carboxylic acids is 1. The summed E-state index contributed by atoms with van der Waals surface area (Å²) >= 11 is 0. The van der Waals surface area contributed by atoms with Crippen LogP contribution in [0.2, 0.25) is 0 Å². The molecule has 4 heteroatoms. The van der Waals surface area contributed by atoms with Crippen molar-refractivity contribution in [3.8, 4) is 5.75 Å². The Morgan fingerprint density at radius 1 is 1.50 bits per heavy atom. The first-order valence-electron chi connectivity index (χ1n) is 4.21. The van der Waals surface area contributed by atoms with Gasteiger partial charge in [-0.15, -0.1) is 0 Å². The van der Waals surface area contributed by atoms with Gasteiger partial charge in [0.25, 0.3) is 0 Å². The Kier molecular flexibility index (Phi) is 3.06. The van der Waals surface area contributed by atoms with E-state index in [9.17, 15) is 14.3 Å². The van der Waals surface area contributed by atoms with Gasteiger partial charge in [0.2, 0.25) is 0 Å². The zero-order valence-electron chi connectivity index (χ0n) is 7.75. The van der Waals surface area contributed by atoms with E-state index >= 15 is 0 Å². The largest absolute Gasteiger partial charge is 0.508 e. The molecule has 0 aromatic heterocycles. The van der Waals surface area contributed by atoms with Gasteiger partial charge >= 0.3 is 5.97 Å². The van der Waals surface area contributed by atoms with E-state index in [2.05, 4.69) is 0 Å². The maximum Gasteiger partial charge on any atom is 0.303 e. The maximum atomic E-state index is 13.0. The van der Waals surface area contributed by atoms with Crippen molar-refractivity contribution >= 4 is 5.97 Å². The predicted molar refractivity (Wildman–Crippen MR) is 48.8 cm³/mol. The third-order valence-corrected chi connectivity index (χ3v) is 2.10. The van der Waals surface area contributed by atoms with Crippen molar-refractivity contribution in [3.63, 3.8) is 0 Å². The quantitative estimate of drug-likeness (QED) is 0.779. The second-order valence-electron chi connectivity index (χ2n) is 3.06. The summed E-state index contributed by atoms with van der Waals surface area (Å²) in [5.74, 6) is -1.44. The van der Waals surface area contributed by atoms with Crippen LogP contribution in [-0.2, 0) is 11.2 Å².